The Labute approximate surface area is 203 Å². The Morgan fingerprint density at radius 2 is 2.09 bits per heavy atom. The monoisotopic (exact) mass is 478 g/mol. The molecule has 35 heavy (non-hydrogen) atoms. The summed E-state index contributed by atoms with van der Waals surface area (Å²) in [5, 5.41) is 22.4. The molecule has 3 heterocycles. The molecule has 2 amide bonds. The molecule has 5 rings (SSSR count). The summed E-state index contributed by atoms with van der Waals surface area (Å²) in [4.78, 5) is 35.0. The van der Waals surface area contributed by atoms with Crippen LogP contribution in [0.1, 0.15) is 55.5 Å². The average molecular weight is 479 g/mol. The van der Waals surface area contributed by atoms with Crippen molar-refractivity contribution in [1.82, 2.24) is 25.0 Å². The zero-order valence-electron chi connectivity index (χ0n) is 20.2. The number of aromatic nitrogens is 3. The van der Waals surface area contributed by atoms with Crippen molar-refractivity contribution >= 4 is 23.1 Å². The molecule has 1 aliphatic carbocycles. The van der Waals surface area contributed by atoms with Gasteiger partial charge in [-0.25, -0.2) is 9.50 Å². The Hall–Kier alpha value is -3.66. The van der Waals surface area contributed by atoms with Crippen molar-refractivity contribution in [3.05, 3.63) is 41.6 Å². The minimum Gasteiger partial charge on any atom is -0.389 e. The smallest absolute Gasteiger partial charge is 0.265 e. The van der Waals surface area contributed by atoms with Gasteiger partial charge in [0.15, 0.2) is 5.65 Å². The van der Waals surface area contributed by atoms with Gasteiger partial charge in [0.05, 0.1) is 29.7 Å². The molecule has 0 radical (unpaired) electrons. The van der Waals surface area contributed by atoms with Crippen LogP contribution in [0, 0.1) is 6.92 Å². The summed E-state index contributed by atoms with van der Waals surface area (Å²) >= 11 is 0. The number of aliphatic hydroxyl groups is 1. The Morgan fingerprint density at radius 3 is 2.74 bits per heavy atom. The highest BCUT2D eigenvalue weighted by Crippen LogP contribution is 2.29. The van der Waals surface area contributed by atoms with E-state index in [1.54, 1.807) is 30.6 Å². The molecule has 0 unspecified atom stereocenters. The van der Waals surface area contributed by atoms with Crippen molar-refractivity contribution in [3.63, 3.8) is 0 Å². The lowest BCUT2D eigenvalue weighted by Gasteiger charge is -2.20. The molecule has 0 atom stereocenters. The molecule has 1 saturated carbocycles. The van der Waals surface area contributed by atoms with Crippen molar-refractivity contribution < 1.29 is 19.5 Å². The highest BCUT2D eigenvalue weighted by Gasteiger charge is 2.26. The summed E-state index contributed by atoms with van der Waals surface area (Å²) in [6.07, 6.45) is 4.96. The third-order valence-electron chi connectivity index (χ3n) is 6.07. The van der Waals surface area contributed by atoms with Crippen LogP contribution in [0.2, 0.25) is 0 Å². The molecule has 3 N–H and O–H groups in total. The number of hydroxylamine groups is 2. The van der Waals surface area contributed by atoms with Crippen LogP contribution in [0.3, 0.4) is 0 Å². The molecule has 1 aliphatic heterocycles. The fourth-order valence-electron chi connectivity index (χ4n) is 4.03. The number of amides is 2. The van der Waals surface area contributed by atoms with Gasteiger partial charge < -0.3 is 20.6 Å². The number of benzene rings is 1. The van der Waals surface area contributed by atoms with Crippen LogP contribution >= 0.6 is 0 Å². The van der Waals surface area contributed by atoms with Gasteiger partial charge in [-0.3, -0.25) is 9.59 Å². The number of imidazole rings is 1. The summed E-state index contributed by atoms with van der Waals surface area (Å²) in [6, 6.07) is 7.61. The standard InChI is InChI=1S/C25H30N6O4/c1-15-11-16(6-9-18(15)24(33)28-17-7-8-17)20-13-26-23-19(27-14-25(2,3)34)12-21(29-31(20)23)35-30-10-4-5-22(30)32/h6,9,11-13,17,27,34H,4-5,7-8,10,14H2,1-3H3,(H,28,33). The van der Waals surface area contributed by atoms with Gasteiger partial charge in [-0.15, -0.1) is 5.10 Å². The number of aryl methyl sites for hydroxylation is 1. The molecule has 3 aromatic rings. The molecule has 0 spiro atoms. The van der Waals surface area contributed by atoms with Crippen LogP contribution in [-0.2, 0) is 4.79 Å². The normalized spacial score (nSPS) is 16.1. The van der Waals surface area contributed by atoms with Gasteiger partial charge in [0, 0.05) is 36.2 Å². The van der Waals surface area contributed by atoms with E-state index in [1.165, 1.54) is 5.06 Å². The minimum atomic E-state index is -0.949. The Kier molecular flexibility index (Phi) is 5.84. The van der Waals surface area contributed by atoms with Gasteiger partial charge in [-0.1, -0.05) is 6.07 Å². The number of rotatable bonds is 8. The van der Waals surface area contributed by atoms with Gasteiger partial charge >= 0.3 is 0 Å². The van der Waals surface area contributed by atoms with Crippen LogP contribution in [0.4, 0.5) is 5.69 Å². The van der Waals surface area contributed by atoms with Crippen LogP contribution in [0.15, 0.2) is 30.5 Å². The Balaban J connectivity index is 1.51. The van der Waals surface area contributed by atoms with Crippen molar-refractivity contribution in [2.24, 2.45) is 0 Å². The maximum Gasteiger partial charge on any atom is 0.265 e. The fourth-order valence-corrected chi connectivity index (χ4v) is 4.03. The number of carbonyl (C=O) groups excluding carboxylic acids is 2. The van der Waals surface area contributed by atoms with Gasteiger partial charge in [0.25, 0.3) is 17.7 Å². The maximum absolute atomic E-state index is 12.5. The number of hydrogen-bond acceptors (Lipinski definition) is 7. The average Bonchev–Trinajstić information content (AvgIpc) is 3.36. The van der Waals surface area contributed by atoms with E-state index in [2.05, 4.69) is 20.7 Å². The summed E-state index contributed by atoms with van der Waals surface area (Å²) in [7, 11) is 0. The van der Waals surface area contributed by atoms with E-state index < -0.39 is 5.60 Å². The van der Waals surface area contributed by atoms with Gasteiger partial charge in [-0.05, 0) is 57.7 Å². The molecule has 184 valence electrons. The molecule has 10 nitrogen and oxygen atoms in total. The van der Waals surface area contributed by atoms with Gasteiger partial charge in [0.1, 0.15) is 0 Å². The third-order valence-corrected chi connectivity index (χ3v) is 6.07. The van der Waals surface area contributed by atoms with Crippen LogP contribution in [0.5, 0.6) is 5.88 Å². The first-order valence-corrected chi connectivity index (χ1v) is 11.9. The molecule has 2 fully saturated rings. The van der Waals surface area contributed by atoms with Crippen molar-refractivity contribution in [2.75, 3.05) is 18.4 Å². The Bertz CT molecular complexity index is 1290. The topological polar surface area (TPSA) is 121 Å². The molecular weight excluding hydrogens is 448 g/mol. The van der Waals surface area contributed by atoms with E-state index in [0.717, 1.165) is 30.4 Å². The van der Waals surface area contributed by atoms with Gasteiger partial charge in [-0.2, -0.15) is 5.06 Å². The quantitative estimate of drug-likeness (QED) is 0.455. The van der Waals surface area contributed by atoms with E-state index in [-0.39, 0.29) is 24.2 Å². The third kappa shape index (κ3) is 5.07. The second-order valence-corrected chi connectivity index (χ2v) is 9.91. The Morgan fingerprint density at radius 1 is 1.29 bits per heavy atom. The molecule has 1 saturated heterocycles. The minimum absolute atomic E-state index is 0.0584. The van der Waals surface area contributed by atoms with Crippen molar-refractivity contribution in [2.45, 2.75) is 58.1 Å². The highest BCUT2D eigenvalue weighted by atomic mass is 16.7. The van der Waals surface area contributed by atoms with Crippen molar-refractivity contribution in [1.29, 1.82) is 0 Å². The maximum atomic E-state index is 12.5. The predicted molar refractivity (Wildman–Crippen MR) is 130 cm³/mol. The second-order valence-electron chi connectivity index (χ2n) is 9.91. The molecule has 10 heteroatoms. The van der Waals surface area contributed by atoms with Gasteiger partial charge in [0.2, 0.25) is 0 Å². The first-order valence-electron chi connectivity index (χ1n) is 11.9. The number of hydrogen-bond donors (Lipinski definition) is 3. The lowest BCUT2D eigenvalue weighted by atomic mass is 10.0. The second kappa shape index (κ2) is 8.84. The van der Waals surface area contributed by atoms with Crippen molar-refractivity contribution in [3.8, 4) is 17.1 Å². The lowest BCUT2D eigenvalue weighted by Crippen LogP contribution is -2.30. The van der Waals surface area contributed by atoms with E-state index in [0.29, 0.717) is 41.6 Å². The predicted octanol–water partition coefficient (Wildman–Crippen LogP) is 2.70. The first kappa shape index (κ1) is 23.1. The van der Waals surface area contributed by atoms with Crippen LogP contribution < -0.4 is 15.5 Å². The summed E-state index contributed by atoms with van der Waals surface area (Å²) in [5.74, 6) is 0.0960. The number of carbonyl (C=O) groups is 2. The summed E-state index contributed by atoms with van der Waals surface area (Å²) in [6.45, 7) is 6.11. The van der Waals surface area contributed by atoms with E-state index in [1.807, 2.05) is 25.1 Å². The number of fused-ring (bicyclic) bond motifs is 1. The van der Waals surface area contributed by atoms with E-state index in [9.17, 15) is 14.7 Å². The number of nitrogens with one attached hydrogen (secondary N) is 2. The molecule has 2 aliphatic rings. The summed E-state index contributed by atoms with van der Waals surface area (Å²) < 4.78 is 1.65. The lowest BCUT2D eigenvalue weighted by molar-refractivity contribution is -0.150. The first-order chi connectivity index (χ1) is 16.7. The van der Waals surface area contributed by atoms with Crippen LogP contribution in [-0.4, -0.2) is 61.3 Å². The summed E-state index contributed by atoms with van der Waals surface area (Å²) in [5.41, 5.74) is 3.27. The molecular formula is C25H30N6O4. The number of anilines is 1. The zero-order chi connectivity index (χ0) is 24.7. The highest BCUT2D eigenvalue weighted by molar-refractivity contribution is 5.96. The molecule has 0 bridgehead atoms. The molecule has 2 aromatic heterocycles. The largest absolute Gasteiger partial charge is 0.389 e. The van der Waals surface area contributed by atoms with Crippen LogP contribution in [0.25, 0.3) is 16.9 Å². The number of nitrogens with zero attached hydrogens (tertiary/aromatic N) is 4. The molecule has 1 aromatic carbocycles. The van der Waals surface area contributed by atoms with E-state index in [4.69, 9.17) is 4.84 Å². The zero-order valence-corrected chi connectivity index (χ0v) is 20.2. The van der Waals surface area contributed by atoms with E-state index >= 15 is 0 Å². The SMILES string of the molecule is Cc1cc(-c2cnc3c(NCC(C)(C)O)cc(ON4CCCC4=O)nn23)ccc1C(=O)NC1CC1. The fraction of sp³-hybridized carbons (Fsp3) is 0.440.